The van der Waals surface area contributed by atoms with Crippen LogP contribution in [0.2, 0.25) is 0 Å². The van der Waals surface area contributed by atoms with Gasteiger partial charge in [-0.3, -0.25) is 10.4 Å². The van der Waals surface area contributed by atoms with Crippen molar-refractivity contribution < 1.29 is 0 Å². The Balaban J connectivity index is 2.05. The van der Waals surface area contributed by atoms with Gasteiger partial charge in [0.1, 0.15) is 5.84 Å². The Morgan fingerprint density at radius 2 is 1.85 bits per heavy atom. The molecule has 0 saturated heterocycles. The van der Waals surface area contributed by atoms with Crippen LogP contribution in [-0.4, -0.2) is 20.6 Å². The van der Waals surface area contributed by atoms with E-state index < -0.39 is 0 Å². The molecule has 2 aromatic heterocycles. The van der Waals surface area contributed by atoms with E-state index in [0.717, 1.165) is 11.1 Å². The molecule has 20 heavy (non-hydrogen) atoms. The molecule has 5 nitrogen and oxygen atoms in total. The molecule has 0 amide bonds. The number of nitrogens with zero attached hydrogens (tertiary/aromatic N) is 3. The van der Waals surface area contributed by atoms with Crippen LogP contribution in [0.4, 0.5) is 0 Å². The van der Waals surface area contributed by atoms with Crippen LogP contribution < -0.4 is 5.73 Å². The predicted octanol–water partition coefficient (Wildman–Crippen LogP) is 2.22. The Labute approximate surface area is 116 Å². The minimum absolute atomic E-state index is 0.000777. The number of benzene rings is 1. The molecule has 98 valence electrons. The summed E-state index contributed by atoms with van der Waals surface area (Å²) in [4.78, 5) is 4.07. The van der Waals surface area contributed by atoms with E-state index in [-0.39, 0.29) is 5.84 Å². The lowest BCUT2D eigenvalue weighted by molar-refractivity contribution is 0.871. The molecule has 0 saturated carbocycles. The number of hydrogen-bond acceptors (Lipinski definition) is 3. The zero-order chi connectivity index (χ0) is 13.9. The van der Waals surface area contributed by atoms with Crippen LogP contribution in [0.3, 0.4) is 0 Å². The quantitative estimate of drug-likeness (QED) is 0.561. The second-order valence-corrected chi connectivity index (χ2v) is 4.35. The molecule has 0 unspecified atom stereocenters. The van der Waals surface area contributed by atoms with Crippen molar-refractivity contribution in [2.45, 2.75) is 0 Å². The van der Waals surface area contributed by atoms with Crippen LogP contribution in [0.1, 0.15) is 5.56 Å². The molecule has 5 heteroatoms. The van der Waals surface area contributed by atoms with Gasteiger partial charge in [0, 0.05) is 23.5 Å². The molecule has 0 bridgehead atoms. The van der Waals surface area contributed by atoms with Crippen molar-refractivity contribution >= 4 is 5.84 Å². The summed E-state index contributed by atoms with van der Waals surface area (Å²) < 4.78 is 1.69. The van der Waals surface area contributed by atoms with E-state index in [2.05, 4.69) is 10.1 Å². The summed E-state index contributed by atoms with van der Waals surface area (Å²) in [6.07, 6.45) is 6.95. The fraction of sp³-hybridized carbons (Fsp3) is 0. The maximum atomic E-state index is 7.61. The van der Waals surface area contributed by atoms with Gasteiger partial charge in [0.25, 0.3) is 0 Å². The molecule has 0 radical (unpaired) electrons. The summed E-state index contributed by atoms with van der Waals surface area (Å²) in [6.45, 7) is 0. The second-order valence-electron chi connectivity index (χ2n) is 4.35. The van der Waals surface area contributed by atoms with E-state index in [0.29, 0.717) is 11.3 Å². The second kappa shape index (κ2) is 4.97. The van der Waals surface area contributed by atoms with Gasteiger partial charge >= 0.3 is 0 Å². The predicted molar refractivity (Wildman–Crippen MR) is 77.8 cm³/mol. The van der Waals surface area contributed by atoms with Gasteiger partial charge in [-0.25, -0.2) is 4.68 Å². The topological polar surface area (TPSA) is 80.6 Å². The van der Waals surface area contributed by atoms with Gasteiger partial charge in [-0.2, -0.15) is 5.10 Å². The summed E-state index contributed by atoms with van der Waals surface area (Å²) in [5.74, 6) is -0.000777. The van der Waals surface area contributed by atoms with E-state index in [4.69, 9.17) is 11.1 Å². The van der Waals surface area contributed by atoms with E-state index in [1.165, 1.54) is 0 Å². The monoisotopic (exact) mass is 263 g/mol. The first-order chi connectivity index (χ1) is 9.75. The molecule has 0 fully saturated rings. The number of hydrogen-bond donors (Lipinski definition) is 2. The SMILES string of the molecule is N=C(N)c1ccncc1-n1cc(-c2ccccc2)cn1. The van der Waals surface area contributed by atoms with Crippen LogP contribution >= 0.6 is 0 Å². The first-order valence-electron chi connectivity index (χ1n) is 6.14. The minimum Gasteiger partial charge on any atom is -0.384 e. The normalized spacial score (nSPS) is 10.4. The molecule has 0 aliphatic carbocycles. The summed E-state index contributed by atoms with van der Waals surface area (Å²) >= 11 is 0. The standard InChI is InChI=1S/C15H13N5/c16-15(17)13-6-7-18-9-14(13)20-10-12(8-19-20)11-4-2-1-3-5-11/h1-10H,(H3,16,17). The third kappa shape index (κ3) is 2.16. The van der Waals surface area contributed by atoms with E-state index in [1.54, 1.807) is 29.3 Å². The largest absolute Gasteiger partial charge is 0.384 e. The van der Waals surface area contributed by atoms with Crippen molar-refractivity contribution in [1.82, 2.24) is 14.8 Å². The van der Waals surface area contributed by atoms with Gasteiger partial charge in [-0.05, 0) is 11.6 Å². The Morgan fingerprint density at radius 1 is 1.05 bits per heavy atom. The Bertz CT molecular complexity index is 746. The highest BCUT2D eigenvalue weighted by atomic mass is 15.3. The van der Waals surface area contributed by atoms with E-state index >= 15 is 0 Å². The van der Waals surface area contributed by atoms with Gasteiger partial charge < -0.3 is 5.73 Å². The fourth-order valence-corrected chi connectivity index (χ4v) is 2.03. The summed E-state index contributed by atoms with van der Waals surface area (Å²) in [7, 11) is 0. The van der Waals surface area contributed by atoms with Crippen LogP contribution in [-0.2, 0) is 0 Å². The highest BCUT2D eigenvalue weighted by Crippen LogP contribution is 2.20. The Kier molecular flexibility index (Phi) is 3.01. The van der Waals surface area contributed by atoms with Crippen LogP contribution in [0.25, 0.3) is 16.8 Å². The highest BCUT2D eigenvalue weighted by Gasteiger charge is 2.09. The number of nitrogens with one attached hydrogen (secondary N) is 1. The molecular formula is C15H13N5. The first kappa shape index (κ1) is 12.1. The number of nitrogen functional groups attached to an aromatic ring is 1. The number of rotatable bonds is 3. The van der Waals surface area contributed by atoms with E-state index in [9.17, 15) is 0 Å². The molecule has 1 aromatic carbocycles. The number of amidine groups is 1. The van der Waals surface area contributed by atoms with Gasteiger partial charge in [-0.15, -0.1) is 0 Å². The van der Waals surface area contributed by atoms with Crippen LogP contribution in [0.5, 0.6) is 0 Å². The maximum absolute atomic E-state index is 7.61. The number of aromatic nitrogens is 3. The van der Waals surface area contributed by atoms with Crippen LogP contribution in [0.15, 0.2) is 61.2 Å². The van der Waals surface area contributed by atoms with Crippen LogP contribution in [0, 0.1) is 5.41 Å². The maximum Gasteiger partial charge on any atom is 0.125 e. The summed E-state index contributed by atoms with van der Waals surface area (Å²) in [6, 6.07) is 11.7. The zero-order valence-electron chi connectivity index (χ0n) is 10.7. The van der Waals surface area contributed by atoms with Crippen molar-refractivity contribution in [2.75, 3.05) is 0 Å². The zero-order valence-corrected chi connectivity index (χ0v) is 10.7. The lowest BCUT2D eigenvalue weighted by Gasteiger charge is -2.06. The Hall–Kier alpha value is -2.95. The molecule has 0 spiro atoms. The lowest BCUT2D eigenvalue weighted by Crippen LogP contribution is -2.15. The molecule has 2 heterocycles. The molecule has 0 aliphatic heterocycles. The van der Waals surface area contributed by atoms with Gasteiger partial charge in [0.15, 0.2) is 0 Å². The third-order valence-corrected chi connectivity index (χ3v) is 3.03. The smallest absolute Gasteiger partial charge is 0.125 e. The molecular weight excluding hydrogens is 250 g/mol. The van der Waals surface area contributed by atoms with Crippen molar-refractivity contribution in [3.05, 3.63) is 66.7 Å². The fourth-order valence-electron chi connectivity index (χ4n) is 2.03. The third-order valence-electron chi connectivity index (χ3n) is 3.03. The van der Waals surface area contributed by atoms with Crippen molar-refractivity contribution in [3.8, 4) is 16.8 Å². The lowest BCUT2D eigenvalue weighted by atomic mass is 10.1. The Morgan fingerprint density at radius 3 is 2.60 bits per heavy atom. The average molecular weight is 263 g/mol. The number of nitrogens with two attached hydrogens (primary N) is 1. The van der Waals surface area contributed by atoms with Gasteiger partial charge in [0.05, 0.1) is 18.1 Å². The van der Waals surface area contributed by atoms with Crippen molar-refractivity contribution in [1.29, 1.82) is 5.41 Å². The van der Waals surface area contributed by atoms with Gasteiger partial charge in [0.2, 0.25) is 0 Å². The molecule has 0 aliphatic rings. The molecule has 3 N–H and O–H groups in total. The van der Waals surface area contributed by atoms with Crippen molar-refractivity contribution in [2.24, 2.45) is 5.73 Å². The highest BCUT2D eigenvalue weighted by molar-refractivity contribution is 5.98. The summed E-state index contributed by atoms with van der Waals surface area (Å²) in [5.41, 5.74) is 8.99. The average Bonchev–Trinajstić information content (AvgIpc) is 2.98. The van der Waals surface area contributed by atoms with Gasteiger partial charge in [-0.1, -0.05) is 30.3 Å². The minimum atomic E-state index is -0.000777. The van der Waals surface area contributed by atoms with Crippen molar-refractivity contribution in [3.63, 3.8) is 0 Å². The molecule has 3 aromatic rings. The first-order valence-corrected chi connectivity index (χ1v) is 6.14. The molecule has 3 rings (SSSR count). The molecule has 0 atom stereocenters. The number of pyridine rings is 1. The summed E-state index contributed by atoms with van der Waals surface area (Å²) in [5, 5.41) is 11.9. The van der Waals surface area contributed by atoms with E-state index in [1.807, 2.05) is 36.5 Å².